The normalized spacial score (nSPS) is 35.8. The molecule has 3 saturated heterocycles. The van der Waals surface area contributed by atoms with E-state index in [1.54, 1.807) is 0 Å². The molecule has 2 unspecified atom stereocenters. The molecular formula is C35H44N2O6. The molecule has 0 radical (unpaired) electrons. The van der Waals surface area contributed by atoms with Crippen LogP contribution in [0.15, 0.2) is 54.6 Å². The number of carbonyl (C=O) groups excluding carboxylic acids is 1. The van der Waals surface area contributed by atoms with Gasteiger partial charge >= 0.3 is 5.97 Å². The molecule has 8 nitrogen and oxygen atoms in total. The molecule has 2 aliphatic carbocycles. The fourth-order valence-electron chi connectivity index (χ4n) is 9.14. The Morgan fingerprint density at radius 1 is 1.07 bits per heavy atom. The number of rotatable bonds is 5. The van der Waals surface area contributed by atoms with Crippen molar-refractivity contribution < 1.29 is 29.6 Å². The van der Waals surface area contributed by atoms with E-state index in [9.17, 15) is 20.1 Å². The number of fused-ring (bicyclic) bond motifs is 2. The predicted octanol–water partition coefficient (Wildman–Crippen LogP) is 2.92. The number of benzene rings is 2. The van der Waals surface area contributed by atoms with E-state index in [0.29, 0.717) is 24.0 Å². The Balaban J connectivity index is 0.000000140. The SMILES string of the molecule is CN1C2CC[C@@H]1CC(OC(=O)[C@H](CO)c1ccccc1)C2.CN1CC[C@]23c4c5ccc(CO)c4O[C@H]2[C@@H](O)C=C[C@H]3[C@H]1C5. The van der Waals surface area contributed by atoms with Crippen LogP contribution >= 0.6 is 0 Å². The number of likely N-dealkylation sites (tertiary alicyclic amines) is 1. The van der Waals surface area contributed by atoms with Crippen LogP contribution in [0, 0.1) is 5.92 Å². The maximum Gasteiger partial charge on any atom is 0.316 e. The minimum Gasteiger partial charge on any atom is -0.486 e. The minimum atomic E-state index is -0.566. The fourth-order valence-corrected chi connectivity index (χ4v) is 9.14. The molecule has 2 aromatic carbocycles. The van der Waals surface area contributed by atoms with Crippen LogP contribution in [0.3, 0.4) is 0 Å². The summed E-state index contributed by atoms with van der Waals surface area (Å²) >= 11 is 0. The Morgan fingerprint density at radius 3 is 2.51 bits per heavy atom. The molecule has 3 N–H and O–H groups in total. The second kappa shape index (κ2) is 11.3. The third-order valence-electron chi connectivity index (χ3n) is 11.4. The number of aliphatic hydroxyl groups excluding tert-OH is 3. The summed E-state index contributed by atoms with van der Waals surface area (Å²) in [5.41, 5.74) is 4.18. The van der Waals surface area contributed by atoms with Gasteiger partial charge in [-0.2, -0.15) is 0 Å². The van der Waals surface area contributed by atoms with Crippen molar-refractivity contribution in [3.63, 3.8) is 0 Å². The lowest BCUT2D eigenvalue weighted by atomic mass is 9.53. The van der Waals surface area contributed by atoms with Crippen molar-refractivity contribution in [1.29, 1.82) is 0 Å². The number of hydrogen-bond donors (Lipinski definition) is 3. The van der Waals surface area contributed by atoms with E-state index in [2.05, 4.69) is 36.0 Å². The van der Waals surface area contributed by atoms with Gasteiger partial charge in [0.05, 0.1) is 13.2 Å². The molecule has 43 heavy (non-hydrogen) atoms. The van der Waals surface area contributed by atoms with Crippen LogP contribution in [-0.2, 0) is 28.0 Å². The highest BCUT2D eigenvalue weighted by atomic mass is 16.5. The molecule has 0 amide bonds. The Hall–Kier alpha value is -2.75. The number of ether oxygens (including phenoxy) is 2. The maximum absolute atomic E-state index is 12.4. The zero-order valence-electron chi connectivity index (χ0n) is 25.1. The van der Waals surface area contributed by atoms with E-state index >= 15 is 0 Å². The first-order valence-corrected chi connectivity index (χ1v) is 15.9. The smallest absolute Gasteiger partial charge is 0.316 e. The average Bonchev–Trinajstić information content (AvgIpc) is 3.45. The van der Waals surface area contributed by atoms with Gasteiger partial charge in [-0.25, -0.2) is 0 Å². The second-order valence-electron chi connectivity index (χ2n) is 13.5. The lowest BCUT2D eigenvalue weighted by molar-refractivity contribution is -0.155. The molecule has 0 saturated carbocycles. The summed E-state index contributed by atoms with van der Waals surface area (Å²) in [5, 5.41) is 29.7. The zero-order chi connectivity index (χ0) is 29.9. The summed E-state index contributed by atoms with van der Waals surface area (Å²) in [6.07, 6.45) is 9.64. The molecule has 230 valence electrons. The third-order valence-corrected chi connectivity index (χ3v) is 11.4. The number of esters is 1. The van der Waals surface area contributed by atoms with Crippen LogP contribution in [0.1, 0.15) is 60.3 Å². The average molecular weight is 589 g/mol. The van der Waals surface area contributed by atoms with Crippen LogP contribution < -0.4 is 4.74 Å². The van der Waals surface area contributed by atoms with E-state index in [-0.39, 0.29) is 36.8 Å². The quantitative estimate of drug-likeness (QED) is 0.362. The summed E-state index contributed by atoms with van der Waals surface area (Å²) in [4.78, 5) is 17.2. The summed E-state index contributed by atoms with van der Waals surface area (Å²) in [6.45, 7) is 0.815. The predicted molar refractivity (Wildman–Crippen MR) is 162 cm³/mol. The summed E-state index contributed by atoms with van der Waals surface area (Å²) in [6, 6.07) is 15.1. The van der Waals surface area contributed by atoms with Gasteiger partial charge in [-0.3, -0.25) is 4.79 Å². The van der Waals surface area contributed by atoms with Crippen LogP contribution in [0.4, 0.5) is 0 Å². The van der Waals surface area contributed by atoms with Gasteiger partial charge in [0.1, 0.15) is 30.0 Å². The highest BCUT2D eigenvalue weighted by Crippen LogP contribution is 2.61. The molecule has 1 spiro atoms. The van der Waals surface area contributed by atoms with E-state index in [1.807, 2.05) is 42.5 Å². The molecule has 4 heterocycles. The van der Waals surface area contributed by atoms with Crippen LogP contribution in [0.2, 0.25) is 0 Å². The molecule has 8 rings (SSSR count). The molecule has 4 bridgehead atoms. The Kier molecular flexibility index (Phi) is 7.63. The maximum atomic E-state index is 12.4. The molecule has 6 aliphatic rings. The lowest BCUT2D eigenvalue weighted by Gasteiger charge is -2.56. The number of carbonyl (C=O) groups is 1. The Bertz CT molecular complexity index is 1370. The van der Waals surface area contributed by atoms with Gasteiger partial charge in [0.15, 0.2) is 0 Å². The molecule has 8 heteroatoms. The number of piperidine rings is 2. The van der Waals surface area contributed by atoms with Crippen molar-refractivity contribution in [2.75, 3.05) is 27.2 Å². The van der Waals surface area contributed by atoms with Crippen LogP contribution in [0.25, 0.3) is 0 Å². The van der Waals surface area contributed by atoms with E-state index < -0.39 is 12.0 Å². The highest BCUT2D eigenvalue weighted by molar-refractivity contribution is 5.78. The lowest BCUT2D eigenvalue weighted by Crippen LogP contribution is -2.64. The van der Waals surface area contributed by atoms with Crippen LogP contribution in [0.5, 0.6) is 5.75 Å². The Labute approximate surface area is 253 Å². The largest absolute Gasteiger partial charge is 0.486 e. The second-order valence-corrected chi connectivity index (χ2v) is 13.5. The van der Waals surface area contributed by atoms with Crippen molar-refractivity contribution >= 4 is 5.97 Å². The molecule has 2 aromatic rings. The standard InChI is InChI=1S/C18H21NO3.C17H23NO3/c1-19-7-6-18-12-4-5-14(21)17(18)22-16-11(9-20)3-2-10(15(16)18)8-13(12)19;1-18-13-7-8-14(18)10-15(9-13)21-17(20)16(11-19)12-5-3-2-4-6-12/h2-5,12-14,17,20-21H,6-9H2,1H3;2-6,13-16,19H,7-11H2,1H3/t12-,13+,14-,17-,18-;13-,14?,15?,16-/m01/s1. The number of hydrogen-bond acceptors (Lipinski definition) is 8. The summed E-state index contributed by atoms with van der Waals surface area (Å²) < 4.78 is 12.0. The van der Waals surface area contributed by atoms with Crippen molar-refractivity contribution in [2.45, 2.75) is 92.9 Å². The number of aliphatic hydroxyl groups is 3. The first-order chi connectivity index (χ1) is 20.8. The van der Waals surface area contributed by atoms with Gasteiger partial charge in [0, 0.05) is 40.6 Å². The summed E-state index contributed by atoms with van der Waals surface area (Å²) in [7, 11) is 4.37. The van der Waals surface area contributed by atoms with Crippen molar-refractivity contribution in [3.8, 4) is 5.75 Å². The monoisotopic (exact) mass is 588 g/mol. The fraction of sp³-hybridized carbons (Fsp3) is 0.571. The van der Waals surface area contributed by atoms with Gasteiger partial charge in [0.25, 0.3) is 0 Å². The molecule has 4 aliphatic heterocycles. The van der Waals surface area contributed by atoms with Crippen LogP contribution in [-0.4, -0.2) is 94.8 Å². The van der Waals surface area contributed by atoms with Gasteiger partial charge in [-0.15, -0.1) is 0 Å². The van der Waals surface area contributed by atoms with Crippen molar-refractivity contribution in [3.05, 3.63) is 76.9 Å². The minimum absolute atomic E-state index is 0.00367. The van der Waals surface area contributed by atoms with Crippen molar-refractivity contribution in [1.82, 2.24) is 9.80 Å². The summed E-state index contributed by atoms with van der Waals surface area (Å²) in [5.74, 6) is 0.379. The first-order valence-electron chi connectivity index (χ1n) is 15.9. The van der Waals surface area contributed by atoms with Gasteiger partial charge in [-0.05, 0) is 70.3 Å². The zero-order valence-corrected chi connectivity index (χ0v) is 25.1. The topological polar surface area (TPSA) is 103 Å². The number of likely N-dealkylation sites (N-methyl/N-ethyl adjacent to an activating group) is 1. The molecule has 0 aromatic heterocycles. The van der Waals surface area contributed by atoms with Gasteiger partial charge in [-0.1, -0.05) is 54.6 Å². The highest BCUT2D eigenvalue weighted by Gasteiger charge is 2.64. The van der Waals surface area contributed by atoms with Crippen molar-refractivity contribution in [2.24, 2.45) is 5.92 Å². The van der Waals surface area contributed by atoms with E-state index in [0.717, 1.165) is 49.1 Å². The van der Waals surface area contributed by atoms with Gasteiger partial charge in [0.2, 0.25) is 0 Å². The van der Waals surface area contributed by atoms with Gasteiger partial charge < -0.3 is 34.6 Å². The van der Waals surface area contributed by atoms with E-state index in [1.165, 1.54) is 24.0 Å². The molecule has 3 fully saturated rings. The van der Waals surface area contributed by atoms with E-state index in [4.69, 9.17) is 9.47 Å². The third kappa shape index (κ3) is 4.65. The molecular weight excluding hydrogens is 544 g/mol. The first kappa shape index (κ1) is 29.0. The molecule has 9 atom stereocenters. The Morgan fingerprint density at radius 2 is 1.81 bits per heavy atom. The number of nitrogens with zero attached hydrogens (tertiary/aromatic N) is 2.